The maximum Gasteiger partial charge on any atom is 0.314 e. The molecule has 0 fully saturated rings. The minimum atomic E-state index is -0.495. The van der Waals surface area contributed by atoms with Gasteiger partial charge in [0.05, 0.1) is 24.0 Å². The van der Waals surface area contributed by atoms with Crippen LogP contribution < -0.4 is 0 Å². The smallest absolute Gasteiger partial charge is 0.314 e. The van der Waals surface area contributed by atoms with Crippen LogP contribution in [0.2, 0.25) is 0 Å². The van der Waals surface area contributed by atoms with E-state index >= 15 is 0 Å². The lowest BCUT2D eigenvalue weighted by atomic mass is 9.81. The first-order valence-corrected chi connectivity index (χ1v) is 15.4. The minimum Gasteiger partial charge on any atom is -0.427 e. The molecule has 0 aromatic carbocycles. The molecule has 0 spiro atoms. The molecule has 0 aromatic rings. The molecule has 0 aliphatic carbocycles. The fraction of sp³-hybridized carbons (Fsp3) is 0.938. The van der Waals surface area contributed by atoms with Gasteiger partial charge in [-0.15, -0.1) is 0 Å². The molecule has 0 unspecified atom stereocenters. The van der Waals surface area contributed by atoms with Gasteiger partial charge in [-0.2, -0.15) is 0 Å². The molecule has 6 nitrogen and oxygen atoms in total. The Bertz CT molecular complexity index is 545. The SMILES string of the molecule is CCC(C)(CC)C(=O)OCOC(=O)C(C)(CC)CC.CCC(CC)(CC)COCOCC(CC)(CC)CC. The van der Waals surface area contributed by atoms with E-state index in [9.17, 15) is 9.59 Å². The Morgan fingerprint density at radius 2 is 0.711 bits per heavy atom. The zero-order valence-electron chi connectivity index (χ0n) is 27.3. The van der Waals surface area contributed by atoms with Crippen LogP contribution in [0.25, 0.3) is 0 Å². The Morgan fingerprint density at radius 3 is 0.921 bits per heavy atom. The van der Waals surface area contributed by atoms with Gasteiger partial charge in [0.15, 0.2) is 0 Å². The predicted molar refractivity (Wildman–Crippen MR) is 158 cm³/mol. The fourth-order valence-corrected chi connectivity index (χ4v) is 4.25. The van der Waals surface area contributed by atoms with Crippen LogP contribution in [0.3, 0.4) is 0 Å². The van der Waals surface area contributed by atoms with Crippen LogP contribution in [-0.4, -0.2) is 38.7 Å². The lowest BCUT2D eigenvalue weighted by molar-refractivity contribution is -0.180. The zero-order valence-corrected chi connectivity index (χ0v) is 27.3. The Labute approximate surface area is 236 Å². The highest BCUT2D eigenvalue weighted by Gasteiger charge is 2.33. The summed E-state index contributed by atoms with van der Waals surface area (Å²) in [4.78, 5) is 23.8. The highest BCUT2D eigenvalue weighted by molar-refractivity contribution is 5.77. The Hall–Kier alpha value is -1.14. The maximum atomic E-state index is 11.9. The third-order valence-electron chi connectivity index (χ3n) is 9.97. The van der Waals surface area contributed by atoms with Crippen molar-refractivity contribution in [1.82, 2.24) is 0 Å². The van der Waals surface area contributed by atoms with Gasteiger partial charge in [-0.3, -0.25) is 9.59 Å². The number of hydrogen-bond donors (Lipinski definition) is 0. The molecular formula is C32H64O6. The Morgan fingerprint density at radius 1 is 0.447 bits per heavy atom. The third-order valence-corrected chi connectivity index (χ3v) is 9.97. The molecule has 0 rings (SSSR count). The van der Waals surface area contributed by atoms with Crippen LogP contribution in [0.4, 0.5) is 0 Å². The first-order valence-electron chi connectivity index (χ1n) is 15.4. The summed E-state index contributed by atoms with van der Waals surface area (Å²) in [5.41, 5.74) is -0.294. The monoisotopic (exact) mass is 544 g/mol. The van der Waals surface area contributed by atoms with Crippen LogP contribution in [0.15, 0.2) is 0 Å². The van der Waals surface area contributed by atoms with Crippen LogP contribution in [-0.2, 0) is 28.5 Å². The van der Waals surface area contributed by atoms with Crippen molar-refractivity contribution in [2.45, 2.75) is 147 Å². The molecule has 0 aliphatic rings. The number of rotatable bonds is 20. The second-order valence-corrected chi connectivity index (χ2v) is 11.5. The van der Waals surface area contributed by atoms with E-state index in [1.54, 1.807) is 0 Å². The van der Waals surface area contributed by atoms with Crippen molar-refractivity contribution in [3.05, 3.63) is 0 Å². The normalized spacial score (nSPS) is 12.5. The van der Waals surface area contributed by atoms with Crippen LogP contribution in [0, 0.1) is 21.7 Å². The summed E-state index contributed by atoms with van der Waals surface area (Å²) in [7, 11) is 0. The van der Waals surface area contributed by atoms with Crippen molar-refractivity contribution >= 4 is 11.9 Å². The van der Waals surface area contributed by atoms with Gasteiger partial charge in [0, 0.05) is 0 Å². The van der Waals surface area contributed by atoms with Crippen molar-refractivity contribution in [3.63, 3.8) is 0 Å². The lowest BCUT2D eigenvalue weighted by Gasteiger charge is -2.32. The third kappa shape index (κ3) is 12.4. The predicted octanol–water partition coefficient (Wildman–Crippen LogP) is 9.09. The molecule has 0 amide bonds. The molecule has 0 bridgehead atoms. The van der Waals surface area contributed by atoms with E-state index in [1.807, 2.05) is 41.5 Å². The Kier molecular flexibility index (Phi) is 20.4. The van der Waals surface area contributed by atoms with Gasteiger partial charge >= 0.3 is 11.9 Å². The molecule has 6 heteroatoms. The average molecular weight is 545 g/mol. The van der Waals surface area contributed by atoms with Crippen molar-refractivity contribution in [1.29, 1.82) is 0 Å². The van der Waals surface area contributed by atoms with Gasteiger partial charge in [-0.1, -0.05) is 69.2 Å². The summed E-state index contributed by atoms with van der Waals surface area (Å²) in [6.45, 7) is 26.9. The van der Waals surface area contributed by atoms with Gasteiger partial charge in [-0.05, 0) is 88.9 Å². The van der Waals surface area contributed by atoms with Gasteiger partial charge in [0.2, 0.25) is 6.79 Å². The van der Waals surface area contributed by atoms with Crippen molar-refractivity contribution in [2.24, 2.45) is 21.7 Å². The summed E-state index contributed by atoms with van der Waals surface area (Å²) in [6, 6.07) is 0. The molecule has 0 radical (unpaired) electrons. The standard InChI is InChI=1S/C17H36O2.C15H28O4/c1-7-16(8-2,9-3)13-18-15-19-14-17(10-4,11-5)12-6;1-7-14(5,8-2)12(16)18-11-19-13(17)15(6,9-3)10-4/h7-15H2,1-6H3;7-11H2,1-6H3. The second-order valence-electron chi connectivity index (χ2n) is 11.5. The molecule has 0 saturated carbocycles. The number of hydrogen-bond acceptors (Lipinski definition) is 6. The average Bonchev–Trinajstić information content (AvgIpc) is 2.96. The van der Waals surface area contributed by atoms with E-state index in [2.05, 4.69) is 41.5 Å². The summed E-state index contributed by atoms with van der Waals surface area (Å²) in [6.07, 6.45) is 9.93. The van der Waals surface area contributed by atoms with Gasteiger partial charge in [-0.25, -0.2) is 0 Å². The largest absolute Gasteiger partial charge is 0.427 e. The van der Waals surface area contributed by atoms with E-state index in [-0.39, 0.29) is 18.7 Å². The summed E-state index contributed by atoms with van der Waals surface area (Å²) < 4.78 is 21.7. The highest BCUT2D eigenvalue weighted by Crippen LogP contribution is 2.32. The topological polar surface area (TPSA) is 71.1 Å². The second kappa shape index (κ2) is 19.8. The first-order chi connectivity index (χ1) is 17.9. The molecule has 0 atom stereocenters. The van der Waals surface area contributed by atoms with Crippen molar-refractivity contribution in [2.75, 3.05) is 26.8 Å². The quantitative estimate of drug-likeness (QED) is 0.0864. The minimum absolute atomic E-state index is 0.289. The number of ether oxygens (including phenoxy) is 4. The molecule has 0 saturated heterocycles. The first kappa shape index (κ1) is 39.0. The molecule has 0 aliphatic heterocycles. The van der Waals surface area contributed by atoms with Gasteiger partial charge < -0.3 is 18.9 Å². The van der Waals surface area contributed by atoms with Crippen LogP contribution in [0.1, 0.15) is 147 Å². The highest BCUT2D eigenvalue weighted by atomic mass is 16.7. The van der Waals surface area contributed by atoms with Crippen LogP contribution >= 0.6 is 0 Å². The molecule has 0 aromatic heterocycles. The number of carbonyl (C=O) groups is 2. The summed E-state index contributed by atoms with van der Waals surface area (Å²) in [5.74, 6) is -0.611. The molecular weight excluding hydrogens is 480 g/mol. The van der Waals surface area contributed by atoms with E-state index in [1.165, 1.54) is 38.5 Å². The summed E-state index contributed by atoms with van der Waals surface area (Å²) >= 11 is 0. The number of esters is 2. The molecule has 0 N–H and O–H groups in total. The fourth-order valence-electron chi connectivity index (χ4n) is 4.25. The van der Waals surface area contributed by atoms with Gasteiger partial charge in [0.25, 0.3) is 0 Å². The molecule has 38 heavy (non-hydrogen) atoms. The molecule has 0 heterocycles. The van der Waals surface area contributed by atoms with E-state index in [0.717, 1.165) is 13.2 Å². The van der Waals surface area contributed by atoms with E-state index in [4.69, 9.17) is 18.9 Å². The number of carbonyl (C=O) groups excluding carboxylic acids is 2. The lowest BCUT2D eigenvalue weighted by Crippen LogP contribution is -2.32. The van der Waals surface area contributed by atoms with E-state index in [0.29, 0.717) is 43.3 Å². The zero-order chi connectivity index (χ0) is 29.9. The maximum absolute atomic E-state index is 11.9. The Balaban J connectivity index is 0. The van der Waals surface area contributed by atoms with Gasteiger partial charge in [0.1, 0.15) is 6.79 Å². The van der Waals surface area contributed by atoms with E-state index < -0.39 is 10.8 Å². The van der Waals surface area contributed by atoms with Crippen LogP contribution in [0.5, 0.6) is 0 Å². The van der Waals surface area contributed by atoms with Crippen molar-refractivity contribution < 1.29 is 28.5 Å². The molecule has 228 valence electrons. The summed E-state index contributed by atoms with van der Waals surface area (Å²) in [5, 5.41) is 0. The van der Waals surface area contributed by atoms with Crippen molar-refractivity contribution in [3.8, 4) is 0 Å².